The van der Waals surface area contributed by atoms with Crippen LogP contribution in [0.25, 0.3) is 11.1 Å². The summed E-state index contributed by atoms with van der Waals surface area (Å²) in [7, 11) is 0. The summed E-state index contributed by atoms with van der Waals surface area (Å²) in [5.74, 6) is -0.742. The van der Waals surface area contributed by atoms with Crippen LogP contribution in [0.2, 0.25) is 0 Å². The Morgan fingerprint density at radius 1 is 1.00 bits per heavy atom. The van der Waals surface area contributed by atoms with Gasteiger partial charge in [-0.1, -0.05) is 30.3 Å². The first-order valence-electron chi connectivity index (χ1n) is 10.1. The molecular formula is C23H18F7NO3. The van der Waals surface area contributed by atoms with Crippen molar-refractivity contribution in [2.24, 2.45) is 5.92 Å². The van der Waals surface area contributed by atoms with Crippen molar-refractivity contribution in [2.45, 2.75) is 31.4 Å². The maximum absolute atomic E-state index is 13.3. The van der Waals surface area contributed by atoms with Crippen molar-refractivity contribution in [3.8, 4) is 22.6 Å². The number of fused-ring (bicyclic) bond motifs is 1. The highest BCUT2D eigenvalue weighted by atomic mass is 19.4. The Morgan fingerprint density at radius 2 is 1.76 bits per heavy atom. The number of rotatable bonds is 6. The van der Waals surface area contributed by atoms with Gasteiger partial charge < -0.3 is 19.5 Å². The zero-order valence-corrected chi connectivity index (χ0v) is 17.3. The highest BCUT2D eigenvalue weighted by Gasteiger charge is 2.44. The van der Waals surface area contributed by atoms with E-state index in [1.54, 1.807) is 30.3 Å². The van der Waals surface area contributed by atoms with Gasteiger partial charge in [0.15, 0.2) is 0 Å². The first-order valence-corrected chi connectivity index (χ1v) is 10.1. The second kappa shape index (κ2) is 9.11. The summed E-state index contributed by atoms with van der Waals surface area (Å²) in [5, 5.41) is 3.23. The van der Waals surface area contributed by atoms with Gasteiger partial charge in [-0.3, -0.25) is 0 Å². The molecule has 182 valence electrons. The second-order valence-corrected chi connectivity index (χ2v) is 7.66. The molecule has 34 heavy (non-hydrogen) atoms. The fraction of sp³-hybridized carbons (Fsp3) is 0.304. The van der Waals surface area contributed by atoms with Gasteiger partial charge in [-0.2, -0.15) is 17.6 Å². The minimum absolute atomic E-state index is 0.0935. The van der Waals surface area contributed by atoms with Gasteiger partial charge in [0.05, 0.1) is 11.7 Å². The van der Waals surface area contributed by atoms with Crippen LogP contribution >= 0.6 is 0 Å². The summed E-state index contributed by atoms with van der Waals surface area (Å²) in [4.78, 5) is 0. The van der Waals surface area contributed by atoms with Crippen molar-refractivity contribution in [2.75, 3.05) is 11.9 Å². The second-order valence-electron chi connectivity index (χ2n) is 7.66. The van der Waals surface area contributed by atoms with Gasteiger partial charge in [-0.15, -0.1) is 13.2 Å². The Hall–Kier alpha value is -3.37. The molecule has 0 amide bonds. The molecule has 1 heterocycles. The molecule has 0 bridgehead atoms. The first-order chi connectivity index (χ1) is 16.0. The Balaban J connectivity index is 1.53. The number of allylic oxidation sites excluding steroid dienone is 2. The molecule has 1 unspecified atom stereocenters. The molecule has 0 saturated heterocycles. The molecular weight excluding hydrogens is 471 g/mol. The summed E-state index contributed by atoms with van der Waals surface area (Å²) in [6, 6.07) is 10.1. The molecule has 0 saturated carbocycles. The molecule has 2 atom stereocenters. The molecule has 4 nitrogen and oxygen atoms in total. The number of ether oxygens (including phenoxy) is 3. The summed E-state index contributed by atoms with van der Waals surface area (Å²) >= 11 is 0. The summed E-state index contributed by atoms with van der Waals surface area (Å²) < 4.78 is 103. The minimum Gasteiger partial charge on any atom is -0.489 e. The molecule has 11 heteroatoms. The molecule has 0 aromatic heterocycles. The largest absolute Gasteiger partial charge is 0.573 e. The van der Waals surface area contributed by atoms with E-state index in [0.29, 0.717) is 29.0 Å². The standard InChI is InChI=1S/C23H18F7NO3/c24-21(25)22(26,27)33-15-6-2-5-14(11-15)19-12-32-20-17(8-3-9-18(20)31-19)13-4-1-7-16(10-13)34-23(28,29)30/h1-4,6-11,14,19,21,31H,5,12H2/t14-,19?/m0/s1. The molecule has 0 radical (unpaired) electrons. The van der Waals surface area contributed by atoms with Gasteiger partial charge >= 0.3 is 18.9 Å². The highest BCUT2D eigenvalue weighted by Crippen LogP contribution is 2.42. The van der Waals surface area contributed by atoms with E-state index in [2.05, 4.69) is 14.8 Å². The number of halogens is 7. The average Bonchev–Trinajstić information content (AvgIpc) is 2.77. The lowest BCUT2D eigenvalue weighted by Crippen LogP contribution is -2.38. The topological polar surface area (TPSA) is 39.7 Å². The average molecular weight is 489 g/mol. The number of nitrogens with one attached hydrogen (secondary N) is 1. The van der Waals surface area contributed by atoms with Crippen molar-refractivity contribution < 1.29 is 44.9 Å². The third-order valence-electron chi connectivity index (χ3n) is 5.24. The minimum atomic E-state index is -4.83. The number of para-hydroxylation sites is 1. The van der Waals surface area contributed by atoms with Gasteiger partial charge in [0.1, 0.15) is 23.9 Å². The molecule has 1 aliphatic carbocycles. The van der Waals surface area contributed by atoms with E-state index >= 15 is 0 Å². The van der Waals surface area contributed by atoms with Crippen LogP contribution in [0.1, 0.15) is 6.42 Å². The Labute approximate surface area is 189 Å². The number of hydrogen-bond donors (Lipinski definition) is 1. The quantitative estimate of drug-likeness (QED) is 0.456. The van der Waals surface area contributed by atoms with Crippen LogP contribution in [0.15, 0.2) is 66.5 Å². The number of alkyl halides is 7. The van der Waals surface area contributed by atoms with E-state index in [4.69, 9.17) is 4.74 Å². The van der Waals surface area contributed by atoms with E-state index < -0.39 is 30.9 Å². The summed E-state index contributed by atoms with van der Waals surface area (Å²) in [5.41, 5.74) is 1.50. The number of benzene rings is 2. The lowest BCUT2D eigenvalue weighted by Gasteiger charge is -2.34. The third kappa shape index (κ3) is 5.40. The van der Waals surface area contributed by atoms with E-state index in [-0.39, 0.29) is 18.1 Å². The van der Waals surface area contributed by atoms with Crippen LogP contribution in [0, 0.1) is 5.92 Å². The summed E-state index contributed by atoms with van der Waals surface area (Å²) in [6.45, 7) is 0.0935. The van der Waals surface area contributed by atoms with Crippen molar-refractivity contribution in [3.05, 3.63) is 66.5 Å². The highest BCUT2D eigenvalue weighted by molar-refractivity contribution is 5.79. The van der Waals surface area contributed by atoms with Crippen LogP contribution in [0.3, 0.4) is 0 Å². The molecule has 0 fully saturated rings. The SMILES string of the molecule is FC(F)C(F)(F)OC1=C[C@@H](C2COc3c(cccc3-c3cccc(OC(F)(F)F)c3)N2)CC=C1. The van der Waals surface area contributed by atoms with Crippen LogP contribution in [0.4, 0.5) is 36.4 Å². The van der Waals surface area contributed by atoms with Gasteiger partial charge in [0, 0.05) is 11.5 Å². The van der Waals surface area contributed by atoms with Crippen LogP contribution in [-0.2, 0) is 4.74 Å². The Bertz CT molecular complexity index is 1100. The normalized spacial score (nSPS) is 20.2. The van der Waals surface area contributed by atoms with E-state index in [1.165, 1.54) is 30.4 Å². The Morgan fingerprint density at radius 3 is 2.50 bits per heavy atom. The fourth-order valence-electron chi connectivity index (χ4n) is 3.77. The van der Waals surface area contributed by atoms with E-state index in [1.807, 2.05) is 0 Å². The zero-order chi connectivity index (χ0) is 24.5. The van der Waals surface area contributed by atoms with Gasteiger partial charge in [0.2, 0.25) is 0 Å². The van der Waals surface area contributed by atoms with E-state index in [0.717, 1.165) is 0 Å². The molecule has 1 N–H and O–H groups in total. The molecule has 0 spiro atoms. The first kappa shape index (κ1) is 23.8. The van der Waals surface area contributed by atoms with Crippen molar-refractivity contribution in [1.82, 2.24) is 0 Å². The van der Waals surface area contributed by atoms with Crippen molar-refractivity contribution in [3.63, 3.8) is 0 Å². The maximum Gasteiger partial charge on any atom is 0.573 e. The van der Waals surface area contributed by atoms with Crippen LogP contribution in [0.5, 0.6) is 11.5 Å². The smallest absolute Gasteiger partial charge is 0.489 e. The van der Waals surface area contributed by atoms with Gasteiger partial charge in [0.25, 0.3) is 0 Å². The van der Waals surface area contributed by atoms with Gasteiger partial charge in [-0.05, 0) is 42.3 Å². The van der Waals surface area contributed by atoms with Gasteiger partial charge in [-0.25, -0.2) is 0 Å². The third-order valence-corrected chi connectivity index (χ3v) is 5.24. The molecule has 2 aromatic rings. The lowest BCUT2D eigenvalue weighted by atomic mass is 9.91. The molecule has 2 aliphatic rings. The maximum atomic E-state index is 13.3. The number of anilines is 1. The van der Waals surface area contributed by atoms with Crippen molar-refractivity contribution >= 4 is 5.69 Å². The van der Waals surface area contributed by atoms with E-state index in [9.17, 15) is 30.7 Å². The van der Waals surface area contributed by atoms with Crippen LogP contribution < -0.4 is 14.8 Å². The lowest BCUT2D eigenvalue weighted by molar-refractivity contribution is -0.280. The molecule has 1 aliphatic heterocycles. The number of hydrogen-bond acceptors (Lipinski definition) is 4. The monoisotopic (exact) mass is 489 g/mol. The summed E-state index contributed by atoms with van der Waals surface area (Å²) in [6.07, 6.45) is -8.89. The predicted molar refractivity (Wildman–Crippen MR) is 109 cm³/mol. The molecule has 4 rings (SSSR count). The molecule has 2 aromatic carbocycles. The van der Waals surface area contributed by atoms with Crippen molar-refractivity contribution in [1.29, 1.82) is 0 Å². The predicted octanol–water partition coefficient (Wildman–Crippen LogP) is 6.76. The zero-order valence-electron chi connectivity index (χ0n) is 17.3. The van der Waals surface area contributed by atoms with Crippen LogP contribution in [-0.4, -0.2) is 31.5 Å². The fourth-order valence-corrected chi connectivity index (χ4v) is 3.77. The Kier molecular flexibility index (Phi) is 6.37.